The van der Waals surface area contributed by atoms with Crippen LogP contribution in [0.25, 0.3) is 0 Å². The Balaban J connectivity index is 1.68. The highest BCUT2D eigenvalue weighted by atomic mass is 32.1. The molecule has 0 atom stereocenters. The second kappa shape index (κ2) is 6.41. The van der Waals surface area contributed by atoms with Gasteiger partial charge < -0.3 is 10.5 Å². The molecule has 3 aromatic rings. The summed E-state index contributed by atoms with van der Waals surface area (Å²) >= 11 is 1.25. The van der Waals surface area contributed by atoms with Crippen LogP contribution in [-0.2, 0) is 6.61 Å². The molecule has 22 heavy (non-hydrogen) atoms. The number of carbonyl (C=O) groups is 1. The summed E-state index contributed by atoms with van der Waals surface area (Å²) in [7, 11) is 0. The van der Waals surface area contributed by atoms with Gasteiger partial charge in [0.05, 0.1) is 5.51 Å². The lowest BCUT2D eigenvalue weighted by molar-refractivity contribution is 0.104. The minimum Gasteiger partial charge on any atom is -0.489 e. The van der Waals surface area contributed by atoms with Crippen LogP contribution >= 0.6 is 11.3 Å². The molecule has 0 aliphatic heterocycles. The molecule has 0 radical (unpaired) electrons. The van der Waals surface area contributed by atoms with Gasteiger partial charge in [-0.25, -0.2) is 4.98 Å². The van der Waals surface area contributed by atoms with Gasteiger partial charge in [-0.3, -0.25) is 4.79 Å². The summed E-state index contributed by atoms with van der Waals surface area (Å²) in [5, 5.41) is 0. The topological polar surface area (TPSA) is 65.2 Å². The largest absolute Gasteiger partial charge is 0.489 e. The molecule has 110 valence electrons. The Labute approximate surface area is 132 Å². The maximum absolute atomic E-state index is 12.3. The zero-order valence-corrected chi connectivity index (χ0v) is 12.5. The average molecular weight is 310 g/mol. The second-order valence-electron chi connectivity index (χ2n) is 4.69. The van der Waals surface area contributed by atoms with Crippen molar-refractivity contribution in [2.45, 2.75) is 6.61 Å². The van der Waals surface area contributed by atoms with Gasteiger partial charge in [0.25, 0.3) is 0 Å². The number of rotatable bonds is 5. The molecule has 4 nitrogen and oxygen atoms in total. The normalized spacial score (nSPS) is 10.4. The summed E-state index contributed by atoms with van der Waals surface area (Å²) in [6.45, 7) is 0.496. The highest BCUT2D eigenvalue weighted by Crippen LogP contribution is 2.21. The van der Waals surface area contributed by atoms with E-state index in [1.54, 1.807) is 29.8 Å². The molecule has 1 aromatic heterocycles. The molecule has 0 unspecified atom stereocenters. The third kappa shape index (κ3) is 3.15. The second-order valence-corrected chi connectivity index (χ2v) is 5.55. The van der Waals surface area contributed by atoms with E-state index in [0.717, 1.165) is 11.3 Å². The van der Waals surface area contributed by atoms with Crippen molar-refractivity contribution in [2.24, 2.45) is 0 Å². The number of anilines is 1. The Morgan fingerprint density at radius 2 is 1.82 bits per heavy atom. The first-order valence-electron chi connectivity index (χ1n) is 6.74. The average Bonchev–Trinajstić information content (AvgIpc) is 3.00. The van der Waals surface area contributed by atoms with Crippen LogP contribution in [0, 0.1) is 0 Å². The fourth-order valence-electron chi connectivity index (χ4n) is 2.00. The highest BCUT2D eigenvalue weighted by Gasteiger charge is 2.14. The van der Waals surface area contributed by atoms with E-state index in [4.69, 9.17) is 10.5 Å². The smallest absolute Gasteiger partial charge is 0.206 e. The van der Waals surface area contributed by atoms with Crippen molar-refractivity contribution in [1.82, 2.24) is 4.98 Å². The number of hydrogen-bond acceptors (Lipinski definition) is 5. The van der Waals surface area contributed by atoms with Crippen molar-refractivity contribution in [3.63, 3.8) is 0 Å². The van der Waals surface area contributed by atoms with E-state index >= 15 is 0 Å². The lowest BCUT2D eigenvalue weighted by atomic mass is 10.1. The summed E-state index contributed by atoms with van der Waals surface area (Å²) in [4.78, 5) is 16.6. The molecule has 5 heteroatoms. The summed E-state index contributed by atoms with van der Waals surface area (Å²) in [6, 6.07) is 17.0. The molecular weight excluding hydrogens is 296 g/mol. The molecule has 3 rings (SSSR count). The maximum Gasteiger partial charge on any atom is 0.206 e. The fourth-order valence-corrected chi connectivity index (χ4v) is 2.67. The monoisotopic (exact) mass is 310 g/mol. The summed E-state index contributed by atoms with van der Waals surface area (Å²) in [6.07, 6.45) is 0. The van der Waals surface area contributed by atoms with Gasteiger partial charge >= 0.3 is 0 Å². The molecule has 2 N–H and O–H groups in total. The lowest BCUT2D eigenvalue weighted by Crippen LogP contribution is -2.02. The number of ketones is 1. The molecule has 0 saturated carbocycles. The van der Waals surface area contributed by atoms with Crippen LogP contribution in [0.1, 0.15) is 20.8 Å². The SMILES string of the molecule is Nc1ncsc1C(=O)c1ccc(OCc2ccccc2)cc1. The zero-order valence-electron chi connectivity index (χ0n) is 11.7. The van der Waals surface area contributed by atoms with Crippen LogP contribution in [0.3, 0.4) is 0 Å². The Kier molecular flexibility index (Phi) is 4.16. The highest BCUT2D eigenvalue weighted by molar-refractivity contribution is 7.12. The molecule has 0 aliphatic carbocycles. The Bertz CT molecular complexity index is 767. The molecule has 0 amide bonds. The van der Waals surface area contributed by atoms with E-state index in [2.05, 4.69) is 4.98 Å². The van der Waals surface area contributed by atoms with E-state index in [0.29, 0.717) is 17.0 Å². The number of ether oxygens (including phenoxy) is 1. The molecule has 1 heterocycles. The number of carbonyl (C=O) groups excluding carboxylic acids is 1. The van der Waals surface area contributed by atoms with Gasteiger partial charge in [0.15, 0.2) is 0 Å². The van der Waals surface area contributed by atoms with Crippen LogP contribution in [-0.4, -0.2) is 10.8 Å². The number of aromatic nitrogens is 1. The molecule has 0 fully saturated rings. The zero-order chi connectivity index (χ0) is 15.4. The number of benzene rings is 2. The van der Waals surface area contributed by atoms with E-state index in [1.165, 1.54) is 11.3 Å². The first kappa shape index (κ1) is 14.3. The van der Waals surface area contributed by atoms with Crippen molar-refractivity contribution in [1.29, 1.82) is 0 Å². The predicted molar refractivity (Wildman–Crippen MR) is 87.2 cm³/mol. The van der Waals surface area contributed by atoms with E-state index in [9.17, 15) is 4.79 Å². The fraction of sp³-hybridized carbons (Fsp3) is 0.0588. The van der Waals surface area contributed by atoms with Gasteiger partial charge in [-0.2, -0.15) is 0 Å². The van der Waals surface area contributed by atoms with Gasteiger partial charge in [-0.1, -0.05) is 30.3 Å². The molecule has 0 bridgehead atoms. The van der Waals surface area contributed by atoms with Gasteiger partial charge in [0, 0.05) is 5.56 Å². The van der Waals surface area contributed by atoms with Gasteiger partial charge in [0.1, 0.15) is 23.1 Å². The van der Waals surface area contributed by atoms with Gasteiger partial charge in [-0.15, -0.1) is 11.3 Å². The molecule has 0 aliphatic rings. The van der Waals surface area contributed by atoms with Crippen molar-refractivity contribution in [3.8, 4) is 5.75 Å². The summed E-state index contributed by atoms with van der Waals surface area (Å²) in [5.74, 6) is 0.881. The number of nitrogen functional groups attached to an aromatic ring is 1. The van der Waals surface area contributed by atoms with E-state index in [1.807, 2.05) is 30.3 Å². The standard InChI is InChI=1S/C17H14N2O2S/c18-17-16(22-11-19-17)15(20)13-6-8-14(9-7-13)21-10-12-4-2-1-3-5-12/h1-9,11H,10,18H2. The van der Waals surface area contributed by atoms with Crippen LogP contribution < -0.4 is 10.5 Å². The van der Waals surface area contributed by atoms with Crippen LogP contribution in [0.4, 0.5) is 5.82 Å². The van der Waals surface area contributed by atoms with Crippen molar-refractivity contribution in [2.75, 3.05) is 5.73 Å². The quantitative estimate of drug-likeness (QED) is 0.732. The number of nitrogens with two attached hydrogens (primary N) is 1. The maximum atomic E-state index is 12.3. The predicted octanol–water partition coefficient (Wildman–Crippen LogP) is 3.54. The number of nitrogens with zero attached hydrogens (tertiary/aromatic N) is 1. The molecular formula is C17H14N2O2S. The molecule has 0 saturated heterocycles. The van der Waals surface area contributed by atoms with Crippen LogP contribution in [0.5, 0.6) is 5.75 Å². The van der Waals surface area contributed by atoms with E-state index < -0.39 is 0 Å². The Morgan fingerprint density at radius 3 is 2.45 bits per heavy atom. The minimum atomic E-state index is -0.116. The first-order chi connectivity index (χ1) is 10.7. The minimum absolute atomic E-state index is 0.116. The summed E-state index contributed by atoms with van der Waals surface area (Å²) < 4.78 is 5.70. The van der Waals surface area contributed by atoms with Crippen molar-refractivity contribution >= 4 is 22.9 Å². The molecule has 0 spiro atoms. The van der Waals surface area contributed by atoms with Gasteiger partial charge in [-0.05, 0) is 29.8 Å². The van der Waals surface area contributed by atoms with Crippen molar-refractivity contribution in [3.05, 3.63) is 76.1 Å². The summed E-state index contributed by atoms with van der Waals surface area (Å²) in [5.41, 5.74) is 8.91. The third-order valence-electron chi connectivity index (χ3n) is 3.17. The molecule has 2 aromatic carbocycles. The number of hydrogen-bond donors (Lipinski definition) is 1. The van der Waals surface area contributed by atoms with Crippen LogP contribution in [0.15, 0.2) is 60.1 Å². The lowest BCUT2D eigenvalue weighted by Gasteiger charge is -2.07. The third-order valence-corrected chi connectivity index (χ3v) is 4.01. The van der Waals surface area contributed by atoms with Crippen LogP contribution in [0.2, 0.25) is 0 Å². The van der Waals surface area contributed by atoms with E-state index in [-0.39, 0.29) is 11.6 Å². The number of thiazole rings is 1. The Morgan fingerprint density at radius 1 is 1.09 bits per heavy atom. The van der Waals surface area contributed by atoms with Gasteiger partial charge in [0.2, 0.25) is 5.78 Å². The Hall–Kier alpha value is -2.66. The first-order valence-corrected chi connectivity index (χ1v) is 7.62. The van der Waals surface area contributed by atoms with Crippen molar-refractivity contribution < 1.29 is 9.53 Å².